The van der Waals surface area contributed by atoms with Gasteiger partial charge in [-0.1, -0.05) is 12.1 Å². The molecule has 1 saturated heterocycles. The van der Waals surface area contributed by atoms with E-state index in [0.29, 0.717) is 27.3 Å². The normalized spacial score (nSPS) is 17.7. The highest BCUT2D eigenvalue weighted by atomic mass is 32.2. The lowest BCUT2D eigenvalue weighted by molar-refractivity contribution is -0.384. The minimum atomic E-state index is -0.457. The minimum absolute atomic E-state index is 0.00991. The highest BCUT2D eigenvalue weighted by Crippen LogP contribution is 2.34. The average Bonchev–Trinajstić information content (AvgIpc) is 3.11. The number of likely N-dealkylation sites (N-methyl/N-ethyl adjacent to an activating group) is 1. The van der Waals surface area contributed by atoms with Crippen LogP contribution in [0.25, 0.3) is 6.08 Å². The van der Waals surface area contributed by atoms with Gasteiger partial charge in [-0.2, -0.15) is 4.99 Å². The lowest BCUT2D eigenvalue weighted by Gasteiger charge is -2.11. The number of thioether (sulfide) groups is 1. The van der Waals surface area contributed by atoms with Crippen LogP contribution in [0.5, 0.6) is 0 Å². The van der Waals surface area contributed by atoms with Gasteiger partial charge in [0.25, 0.3) is 11.6 Å². The number of carbonyl (C=O) groups excluding carboxylic acids is 1. The number of aliphatic imine (C=N–C) groups is 1. The fourth-order valence-electron chi connectivity index (χ4n) is 2.22. The van der Waals surface area contributed by atoms with Crippen LogP contribution in [0.3, 0.4) is 0 Å². The molecule has 1 aromatic carbocycles. The number of amidine groups is 1. The number of hydrogen-bond donors (Lipinski definition) is 0. The quantitative estimate of drug-likeness (QED) is 0.459. The second-order valence-electron chi connectivity index (χ2n) is 5.18. The van der Waals surface area contributed by atoms with Crippen molar-refractivity contribution in [1.82, 2.24) is 9.88 Å². The summed E-state index contributed by atoms with van der Waals surface area (Å²) in [5, 5.41) is 14.0. The first-order chi connectivity index (χ1) is 12.0. The molecule has 0 radical (unpaired) electrons. The van der Waals surface area contributed by atoms with Crippen LogP contribution >= 0.6 is 23.1 Å². The third-order valence-electron chi connectivity index (χ3n) is 3.38. The van der Waals surface area contributed by atoms with Gasteiger partial charge in [-0.25, -0.2) is 4.98 Å². The molecule has 2 heterocycles. The van der Waals surface area contributed by atoms with Gasteiger partial charge in [0.15, 0.2) is 5.17 Å². The number of hydrogen-bond acceptors (Lipinski definition) is 7. The first-order valence-electron chi connectivity index (χ1n) is 7.44. The highest BCUT2D eigenvalue weighted by molar-refractivity contribution is 8.18. The van der Waals surface area contributed by atoms with Crippen molar-refractivity contribution in [3.8, 4) is 0 Å². The molecule has 128 valence electrons. The van der Waals surface area contributed by atoms with Gasteiger partial charge in [0, 0.05) is 24.1 Å². The fraction of sp³-hybridized carbons (Fsp3) is 0.188. The molecule has 1 aliphatic rings. The van der Waals surface area contributed by atoms with Crippen molar-refractivity contribution >= 4 is 51.1 Å². The van der Waals surface area contributed by atoms with Crippen LogP contribution in [0.2, 0.25) is 0 Å². The number of carbonyl (C=O) groups is 1. The summed E-state index contributed by atoms with van der Waals surface area (Å²) in [6, 6.07) is 6.18. The zero-order valence-electron chi connectivity index (χ0n) is 13.5. The van der Waals surface area contributed by atoms with Crippen molar-refractivity contribution in [1.29, 1.82) is 0 Å². The van der Waals surface area contributed by atoms with E-state index in [1.165, 1.54) is 35.2 Å². The van der Waals surface area contributed by atoms with Gasteiger partial charge < -0.3 is 0 Å². The average molecular weight is 374 g/mol. The number of nitro benzene ring substituents is 1. The van der Waals surface area contributed by atoms with Crippen LogP contribution in [0, 0.1) is 17.0 Å². The number of amides is 1. The maximum Gasteiger partial charge on any atom is 0.270 e. The zero-order valence-corrected chi connectivity index (χ0v) is 15.1. The Kier molecular flexibility index (Phi) is 4.95. The van der Waals surface area contributed by atoms with E-state index in [9.17, 15) is 14.9 Å². The molecule has 0 N–H and O–H groups in total. The molecule has 3 rings (SSSR count). The molecule has 1 aliphatic heterocycles. The van der Waals surface area contributed by atoms with Gasteiger partial charge in [0.2, 0.25) is 5.13 Å². The maximum atomic E-state index is 12.6. The van der Waals surface area contributed by atoms with E-state index in [0.717, 1.165) is 5.69 Å². The summed E-state index contributed by atoms with van der Waals surface area (Å²) in [5.74, 6) is -0.161. The highest BCUT2D eigenvalue weighted by Gasteiger charge is 2.32. The number of thiazole rings is 1. The number of nitro groups is 1. The van der Waals surface area contributed by atoms with Crippen molar-refractivity contribution in [3.05, 3.63) is 55.9 Å². The van der Waals surface area contributed by atoms with Crippen LogP contribution in [-0.2, 0) is 4.79 Å². The molecule has 0 unspecified atom stereocenters. The molecule has 25 heavy (non-hydrogen) atoms. The predicted octanol–water partition coefficient (Wildman–Crippen LogP) is 3.98. The van der Waals surface area contributed by atoms with Crippen molar-refractivity contribution in [2.24, 2.45) is 4.99 Å². The standard InChI is InChI=1S/C16H14N4O3S2/c1-3-19-14(21)13(8-11-5-4-6-12(7-11)20(22)23)25-16(19)18-15-17-10(2)9-24-15/h4-9H,3H2,1-2H3/b13-8-,18-16+. The Balaban J connectivity index is 1.93. The second kappa shape index (κ2) is 7.16. The number of benzene rings is 1. The topological polar surface area (TPSA) is 88.7 Å². The SMILES string of the molecule is CCN1C(=O)/C(=C/c2cccc([N+](=O)[O-])c2)S/C1=N/c1nc(C)cs1. The lowest BCUT2D eigenvalue weighted by atomic mass is 10.2. The summed E-state index contributed by atoms with van der Waals surface area (Å²) in [6.07, 6.45) is 1.65. The summed E-state index contributed by atoms with van der Waals surface area (Å²) in [6.45, 7) is 4.25. The molecule has 0 atom stereocenters. The number of nitrogens with zero attached hydrogens (tertiary/aromatic N) is 4. The summed E-state index contributed by atoms with van der Waals surface area (Å²) in [5.41, 5.74) is 1.48. The molecule has 1 fully saturated rings. The summed E-state index contributed by atoms with van der Waals surface area (Å²) in [7, 11) is 0. The Bertz CT molecular complexity index is 904. The van der Waals surface area contributed by atoms with E-state index in [1.54, 1.807) is 23.1 Å². The summed E-state index contributed by atoms with van der Waals surface area (Å²) in [4.78, 5) is 33.8. The van der Waals surface area contributed by atoms with Gasteiger partial charge in [-0.05, 0) is 37.2 Å². The fourth-order valence-corrected chi connectivity index (χ4v) is 3.99. The van der Waals surface area contributed by atoms with Crippen molar-refractivity contribution in [2.45, 2.75) is 13.8 Å². The smallest absolute Gasteiger partial charge is 0.270 e. The molecule has 1 amide bonds. The zero-order chi connectivity index (χ0) is 18.0. The van der Waals surface area contributed by atoms with Crippen molar-refractivity contribution < 1.29 is 9.72 Å². The maximum absolute atomic E-state index is 12.6. The molecule has 0 bridgehead atoms. The Labute approximate surface area is 152 Å². The Morgan fingerprint density at radius 2 is 2.24 bits per heavy atom. The lowest BCUT2D eigenvalue weighted by Crippen LogP contribution is -2.28. The van der Waals surface area contributed by atoms with Crippen LogP contribution in [0.15, 0.2) is 39.5 Å². The first-order valence-corrected chi connectivity index (χ1v) is 9.14. The molecule has 0 aliphatic carbocycles. The molecule has 2 aromatic rings. The second-order valence-corrected chi connectivity index (χ2v) is 7.02. The molecule has 0 saturated carbocycles. The van der Waals surface area contributed by atoms with Crippen LogP contribution in [-0.4, -0.2) is 32.4 Å². The summed E-state index contributed by atoms with van der Waals surface area (Å²) < 4.78 is 0. The van der Waals surface area contributed by atoms with Crippen LogP contribution < -0.4 is 0 Å². The Hall–Kier alpha value is -2.52. The Morgan fingerprint density at radius 1 is 1.44 bits per heavy atom. The Morgan fingerprint density at radius 3 is 2.88 bits per heavy atom. The van der Waals surface area contributed by atoms with E-state index >= 15 is 0 Å². The number of rotatable bonds is 4. The van der Waals surface area contributed by atoms with Gasteiger partial charge in [-0.3, -0.25) is 19.8 Å². The van der Waals surface area contributed by atoms with E-state index in [2.05, 4.69) is 9.98 Å². The summed E-state index contributed by atoms with van der Waals surface area (Å²) >= 11 is 2.67. The third kappa shape index (κ3) is 3.77. The predicted molar refractivity (Wildman–Crippen MR) is 100.0 cm³/mol. The number of aromatic nitrogens is 1. The van der Waals surface area contributed by atoms with Gasteiger partial charge in [0.1, 0.15) is 0 Å². The monoisotopic (exact) mass is 374 g/mol. The largest absolute Gasteiger partial charge is 0.287 e. The van der Waals surface area contributed by atoms with Crippen molar-refractivity contribution in [2.75, 3.05) is 6.54 Å². The molecule has 1 aromatic heterocycles. The first kappa shape index (κ1) is 17.3. The van der Waals surface area contributed by atoms with E-state index in [-0.39, 0.29) is 11.6 Å². The number of aryl methyl sites for hydroxylation is 1. The van der Waals surface area contributed by atoms with E-state index < -0.39 is 4.92 Å². The van der Waals surface area contributed by atoms with Gasteiger partial charge in [0.05, 0.1) is 15.5 Å². The van der Waals surface area contributed by atoms with Gasteiger partial charge >= 0.3 is 0 Å². The molecule has 0 spiro atoms. The van der Waals surface area contributed by atoms with E-state index in [4.69, 9.17) is 0 Å². The molecular weight excluding hydrogens is 360 g/mol. The minimum Gasteiger partial charge on any atom is -0.287 e. The van der Waals surface area contributed by atoms with Crippen LogP contribution in [0.4, 0.5) is 10.8 Å². The molecule has 9 heteroatoms. The van der Waals surface area contributed by atoms with Crippen molar-refractivity contribution in [3.63, 3.8) is 0 Å². The third-order valence-corrected chi connectivity index (χ3v) is 5.24. The molecule has 7 nitrogen and oxygen atoms in total. The van der Waals surface area contributed by atoms with E-state index in [1.807, 2.05) is 19.2 Å². The van der Waals surface area contributed by atoms with Gasteiger partial charge in [-0.15, -0.1) is 11.3 Å². The van der Waals surface area contributed by atoms with Crippen LogP contribution in [0.1, 0.15) is 18.2 Å². The molecular formula is C16H14N4O3S2. The number of non-ortho nitro benzene ring substituents is 1.